The Labute approximate surface area is 157 Å². The highest BCUT2D eigenvalue weighted by Gasteiger charge is 2.39. The second-order valence-electron chi connectivity index (χ2n) is 5.72. The van der Waals surface area contributed by atoms with E-state index < -0.39 is 11.7 Å². The maximum Gasteiger partial charge on any atom is 0.416 e. The van der Waals surface area contributed by atoms with Gasteiger partial charge in [-0.3, -0.25) is 5.32 Å². The molecule has 3 rings (SSSR count). The van der Waals surface area contributed by atoms with Crippen LogP contribution >= 0.6 is 23.2 Å². The molecule has 4 nitrogen and oxygen atoms in total. The van der Waals surface area contributed by atoms with E-state index in [1.165, 1.54) is 0 Å². The van der Waals surface area contributed by atoms with Gasteiger partial charge in [0.25, 0.3) is 0 Å². The fraction of sp³-hybridized carbons (Fsp3) is 0.294. The molecule has 2 unspecified atom stereocenters. The number of benzene rings is 2. The van der Waals surface area contributed by atoms with Gasteiger partial charge in [0, 0.05) is 12.2 Å². The van der Waals surface area contributed by atoms with Gasteiger partial charge in [0.1, 0.15) is 12.3 Å². The maximum atomic E-state index is 12.8. The first kappa shape index (κ1) is 19.3. The van der Waals surface area contributed by atoms with Crippen LogP contribution in [0.4, 0.5) is 24.5 Å². The minimum Gasteiger partial charge on any atom is -0.395 e. The average Bonchev–Trinajstić information content (AvgIpc) is 3.35. The van der Waals surface area contributed by atoms with Crippen LogP contribution < -0.4 is 10.6 Å². The van der Waals surface area contributed by atoms with Crippen molar-refractivity contribution in [2.24, 2.45) is 0 Å². The van der Waals surface area contributed by atoms with Gasteiger partial charge in [-0.15, -0.1) is 0 Å². The Balaban J connectivity index is 1.77. The summed E-state index contributed by atoms with van der Waals surface area (Å²) in [4.78, 5) is 0. The van der Waals surface area contributed by atoms with Gasteiger partial charge in [0.15, 0.2) is 0 Å². The van der Waals surface area contributed by atoms with E-state index in [1.807, 2.05) is 6.07 Å². The van der Waals surface area contributed by atoms with E-state index in [2.05, 4.69) is 10.6 Å². The molecule has 0 aliphatic carbocycles. The lowest BCUT2D eigenvalue weighted by Crippen LogP contribution is -2.21. The summed E-state index contributed by atoms with van der Waals surface area (Å²) in [6.45, 7) is 0.439. The molecule has 1 aliphatic heterocycles. The number of hydrogen-bond acceptors (Lipinski definition) is 4. The van der Waals surface area contributed by atoms with Gasteiger partial charge in [-0.25, -0.2) is 0 Å². The molecule has 1 fully saturated rings. The van der Waals surface area contributed by atoms with E-state index in [4.69, 9.17) is 33.0 Å². The highest BCUT2D eigenvalue weighted by Crippen LogP contribution is 2.41. The highest BCUT2D eigenvalue weighted by atomic mass is 35.5. The van der Waals surface area contributed by atoms with Crippen molar-refractivity contribution in [1.82, 2.24) is 5.32 Å². The normalized spacial score (nSPS) is 19.5. The molecule has 2 atom stereocenters. The van der Waals surface area contributed by atoms with Crippen LogP contribution in [0, 0.1) is 0 Å². The molecule has 1 saturated heterocycles. The Morgan fingerprint density at radius 2 is 1.81 bits per heavy atom. The zero-order chi connectivity index (χ0) is 18.9. The van der Waals surface area contributed by atoms with Crippen molar-refractivity contribution in [3.8, 4) is 0 Å². The van der Waals surface area contributed by atoms with Gasteiger partial charge < -0.3 is 15.2 Å². The van der Waals surface area contributed by atoms with Crippen LogP contribution in [0.2, 0.25) is 10.0 Å². The number of hydrogen-bond donors (Lipinski definition) is 3. The number of nitrogens with one attached hydrogen (secondary N) is 2. The largest absolute Gasteiger partial charge is 0.416 e. The first-order chi connectivity index (χ1) is 12.3. The van der Waals surface area contributed by atoms with Gasteiger partial charge in [0.05, 0.1) is 27.9 Å². The van der Waals surface area contributed by atoms with E-state index in [-0.39, 0.29) is 34.7 Å². The second-order valence-corrected chi connectivity index (χ2v) is 6.53. The molecule has 2 aromatic carbocycles. The zero-order valence-electron chi connectivity index (χ0n) is 13.3. The van der Waals surface area contributed by atoms with Crippen LogP contribution in [0.25, 0.3) is 0 Å². The summed E-state index contributed by atoms with van der Waals surface area (Å²) in [7, 11) is 0. The van der Waals surface area contributed by atoms with Crippen LogP contribution in [-0.4, -0.2) is 24.5 Å². The van der Waals surface area contributed by atoms with Gasteiger partial charge in [-0.2, -0.15) is 13.2 Å². The number of halogens is 5. The molecule has 1 heterocycles. The molecule has 0 amide bonds. The predicted octanol–water partition coefficient (Wildman–Crippen LogP) is 4.74. The fourth-order valence-corrected chi connectivity index (χ4v) is 3.10. The van der Waals surface area contributed by atoms with Gasteiger partial charge >= 0.3 is 6.18 Å². The molecule has 26 heavy (non-hydrogen) atoms. The number of aliphatic hydroxyl groups is 1. The third kappa shape index (κ3) is 4.42. The van der Waals surface area contributed by atoms with Gasteiger partial charge in [0.2, 0.25) is 0 Å². The predicted molar refractivity (Wildman–Crippen MR) is 93.9 cm³/mol. The number of rotatable bonds is 6. The summed E-state index contributed by atoms with van der Waals surface area (Å²) in [6.07, 6.45) is -4.84. The van der Waals surface area contributed by atoms with E-state index in [1.54, 1.807) is 18.2 Å². The van der Waals surface area contributed by atoms with Crippen molar-refractivity contribution >= 4 is 34.6 Å². The Morgan fingerprint density at radius 1 is 1.12 bits per heavy atom. The lowest BCUT2D eigenvalue weighted by molar-refractivity contribution is -0.137. The summed E-state index contributed by atoms with van der Waals surface area (Å²) >= 11 is 12.0. The SMILES string of the molecule is OCCNC1OC1c1cccc(Nc2c(Cl)cc(C(F)(F)F)cc2Cl)c1. The molecule has 0 saturated carbocycles. The van der Waals surface area contributed by atoms with Crippen molar-refractivity contribution in [1.29, 1.82) is 0 Å². The smallest absolute Gasteiger partial charge is 0.395 e. The lowest BCUT2D eigenvalue weighted by Gasteiger charge is -2.14. The molecule has 0 radical (unpaired) electrons. The summed E-state index contributed by atoms with van der Waals surface area (Å²) < 4.78 is 43.9. The van der Waals surface area contributed by atoms with Gasteiger partial charge in [-0.1, -0.05) is 35.3 Å². The van der Waals surface area contributed by atoms with Crippen molar-refractivity contribution < 1.29 is 23.0 Å². The fourth-order valence-electron chi connectivity index (χ4n) is 2.52. The Hall–Kier alpha value is -1.51. The van der Waals surface area contributed by atoms with Crippen LogP contribution in [0.3, 0.4) is 0 Å². The number of anilines is 2. The highest BCUT2D eigenvalue weighted by molar-refractivity contribution is 6.39. The second kappa shape index (κ2) is 7.62. The number of epoxide rings is 1. The average molecular weight is 407 g/mol. The monoisotopic (exact) mass is 406 g/mol. The molecule has 3 N–H and O–H groups in total. The Bertz CT molecular complexity index is 779. The Kier molecular flexibility index (Phi) is 5.64. The third-order valence-electron chi connectivity index (χ3n) is 3.80. The molecule has 0 bridgehead atoms. The van der Waals surface area contributed by atoms with Crippen LogP contribution in [0.1, 0.15) is 17.2 Å². The summed E-state index contributed by atoms with van der Waals surface area (Å²) in [5, 5.41) is 14.5. The Morgan fingerprint density at radius 3 is 2.42 bits per heavy atom. The summed E-state index contributed by atoms with van der Waals surface area (Å²) in [6, 6.07) is 8.86. The minimum absolute atomic E-state index is 0.0130. The van der Waals surface area contributed by atoms with E-state index >= 15 is 0 Å². The van der Waals surface area contributed by atoms with Crippen molar-refractivity contribution in [3.05, 3.63) is 57.6 Å². The standard InChI is InChI=1S/C17H15Cl2F3N2O2/c18-12-7-10(17(20,21)22)8-13(19)14(12)24-11-3-1-2-9(6-11)15-16(26-15)23-4-5-25/h1-3,6-8,15-16,23-25H,4-5H2. The van der Waals surface area contributed by atoms with Crippen molar-refractivity contribution in [2.75, 3.05) is 18.5 Å². The maximum absolute atomic E-state index is 12.8. The van der Waals surface area contributed by atoms with Crippen LogP contribution in [-0.2, 0) is 10.9 Å². The number of alkyl halides is 3. The molecule has 0 spiro atoms. The van der Waals surface area contributed by atoms with E-state index in [9.17, 15) is 13.2 Å². The molecule has 9 heteroatoms. The van der Waals surface area contributed by atoms with Crippen molar-refractivity contribution in [2.45, 2.75) is 18.5 Å². The molecule has 140 valence electrons. The van der Waals surface area contributed by atoms with E-state index in [0.29, 0.717) is 12.2 Å². The van der Waals surface area contributed by atoms with Crippen LogP contribution in [0.15, 0.2) is 36.4 Å². The summed E-state index contributed by atoms with van der Waals surface area (Å²) in [5.41, 5.74) is 0.785. The molecule has 0 aromatic heterocycles. The summed E-state index contributed by atoms with van der Waals surface area (Å²) in [5.74, 6) is 0. The van der Waals surface area contributed by atoms with E-state index in [0.717, 1.165) is 17.7 Å². The van der Waals surface area contributed by atoms with Gasteiger partial charge in [-0.05, 0) is 29.8 Å². The molecular weight excluding hydrogens is 392 g/mol. The number of aliphatic hydroxyl groups excluding tert-OH is 1. The number of ether oxygens (including phenoxy) is 1. The molecule has 2 aromatic rings. The quantitative estimate of drug-likeness (QED) is 0.606. The first-order valence-corrected chi connectivity index (χ1v) is 8.48. The third-order valence-corrected chi connectivity index (χ3v) is 4.40. The molecular formula is C17H15Cl2F3N2O2. The first-order valence-electron chi connectivity index (χ1n) is 7.72. The minimum atomic E-state index is -4.52. The van der Waals surface area contributed by atoms with Crippen LogP contribution in [0.5, 0.6) is 0 Å². The lowest BCUT2D eigenvalue weighted by atomic mass is 10.1. The molecule has 1 aliphatic rings. The van der Waals surface area contributed by atoms with Crippen molar-refractivity contribution in [3.63, 3.8) is 0 Å². The zero-order valence-corrected chi connectivity index (χ0v) is 14.8. The topological polar surface area (TPSA) is 56.8 Å².